The molecule has 0 spiro atoms. The lowest BCUT2D eigenvalue weighted by Gasteiger charge is -2.18. The van der Waals surface area contributed by atoms with Crippen LogP contribution >= 0.6 is 0 Å². The van der Waals surface area contributed by atoms with Gasteiger partial charge in [-0.3, -0.25) is 4.68 Å². The van der Waals surface area contributed by atoms with Crippen molar-refractivity contribution in [1.82, 2.24) is 9.78 Å². The highest BCUT2D eigenvalue weighted by Gasteiger charge is 2.16. The molecule has 1 heterocycles. The molecule has 2 nitrogen and oxygen atoms in total. The Morgan fingerprint density at radius 1 is 1.05 bits per heavy atom. The molecule has 0 bridgehead atoms. The fraction of sp³-hybridized carbons (Fsp3) is 0.526. The number of aromatic nitrogens is 2. The second kappa shape index (κ2) is 6.05. The molecule has 21 heavy (non-hydrogen) atoms. The van der Waals surface area contributed by atoms with Gasteiger partial charge >= 0.3 is 0 Å². The summed E-state index contributed by atoms with van der Waals surface area (Å²) in [7, 11) is 0. The van der Waals surface area contributed by atoms with E-state index in [1.165, 1.54) is 33.4 Å². The Hall–Kier alpha value is -1.57. The van der Waals surface area contributed by atoms with Crippen LogP contribution < -0.4 is 0 Å². The maximum absolute atomic E-state index is 4.53. The van der Waals surface area contributed by atoms with Gasteiger partial charge in [0.05, 0.1) is 6.20 Å². The summed E-state index contributed by atoms with van der Waals surface area (Å²) in [6, 6.07) is 2.72. The van der Waals surface area contributed by atoms with E-state index in [1.54, 1.807) is 0 Å². The lowest BCUT2D eigenvalue weighted by molar-refractivity contribution is 0.532. The standard InChI is InChI=1S/C19H28N2/c1-12(2)8-18-15(6)9-14(5)16(7)19(18)17-10-20-21(11-17)13(3)4/h9-13H,8H2,1-7H3. The van der Waals surface area contributed by atoms with E-state index in [0.29, 0.717) is 12.0 Å². The molecule has 114 valence electrons. The molecule has 1 aromatic carbocycles. The Labute approximate surface area is 129 Å². The predicted molar refractivity (Wildman–Crippen MR) is 90.8 cm³/mol. The lowest BCUT2D eigenvalue weighted by Crippen LogP contribution is -2.03. The van der Waals surface area contributed by atoms with E-state index in [0.717, 1.165) is 6.42 Å². The smallest absolute Gasteiger partial charge is 0.0568 e. The summed E-state index contributed by atoms with van der Waals surface area (Å²) in [4.78, 5) is 0. The number of benzene rings is 1. The van der Waals surface area contributed by atoms with Crippen LogP contribution in [0.15, 0.2) is 18.5 Å². The minimum absolute atomic E-state index is 0.401. The monoisotopic (exact) mass is 284 g/mol. The van der Waals surface area contributed by atoms with E-state index in [9.17, 15) is 0 Å². The van der Waals surface area contributed by atoms with Crippen LogP contribution in [0, 0.1) is 26.7 Å². The topological polar surface area (TPSA) is 17.8 Å². The van der Waals surface area contributed by atoms with E-state index in [1.807, 2.05) is 10.9 Å². The van der Waals surface area contributed by atoms with Gasteiger partial charge in [0.25, 0.3) is 0 Å². The summed E-state index contributed by atoms with van der Waals surface area (Å²) < 4.78 is 2.05. The largest absolute Gasteiger partial charge is 0.270 e. The molecule has 1 aromatic heterocycles. The van der Waals surface area contributed by atoms with Crippen LogP contribution in [0.1, 0.15) is 56.0 Å². The molecular formula is C19H28N2. The van der Waals surface area contributed by atoms with Crippen molar-refractivity contribution in [2.45, 2.75) is 60.9 Å². The molecule has 0 amide bonds. The number of nitrogens with zero attached hydrogens (tertiary/aromatic N) is 2. The van der Waals surface area contributed by atoms with E-state index < -0.39 is 0 Å². The van der Waals surface area contributed by atoms with Gasteiger partial charge in [0.15, 0.2) is 0 Å². The third-order valence-electron chi connectivity index (χ3n) is 4.21. The molecule has 0 atom stereocenters. The van der Waals surface area contributed by atoms with Crippen molar-refractivity contribution < 1.29 is 0 Å². The molecule has 0 aliphatic rings. The second-order valence-electron chi connectivity index (χ2n) is 6.89. The van der Waals surface area contributed by atoms with Crippen molar-refractivity contribution in [1.29, 1.82) is 0 Å². The number of aryl methyl sites for hydroxylation is 2. The summed E-state index contributed by atoms with van der Waals surface area (Å²) in [5.41, 5.74) is 8.29. The van der Waals surface area contributed by atoms with Crippen molar-refractivity contribution in [3.8, 4) is 11.1 Å². The summed E-state index contributed by atoms with van der Waals surface area (Å²) in [6.07, 6.45) is 5.33. The van der Waals surface area contributed by atoms with Crippen LogP contribution in [0.2, 0.25) is 0 Å². The Kier molecular flexibility index (Phi) is 4.55. The van der Waals surface area contributed by atoms with Crippen LogP contribution in [0.5, 0.6) is 0 Å². The van der Waals surface area contributed by atoms with Crippen LogP contribution in [-0.2, 0) is 6.42 Å². The highest BCUT2D eigenvalue weighted by atomic mass is 15.3. The fourth-order valence-corrected chi connectivity index (χ4v) is 2.95. The summed E-state index contributed by atoms with van der Waals surface area (Å²) in [5, 5.41) is 4.53. The molecule has 0 radical (unpaired) electrons. The van der Waals surface area contributed by atoms with Crippen molar-refractivity contribution in [2.24, 2.45) is 5.92 Å². The minimum Gasteiger partial charge on any atom is -0.270 e. The zero-order chi connectivity index (χ0) is 15.7. The number of hydrogen-bond donors (Lipinski definition) is 0. The van der Waals surface area contributed by atoms with Crippen molar-refractivity contribution in [2.75, 3.05) is 0 Å². The zero-order valence-electron chi connectivity index (χ0n) is 14.5. The van der Waals surface area contributed by atoms with E-state index >= 15 is 0 Å². The van der Waals surface area contributed by atoms with Gasteiger partial charge in [-0.05, 0) is 74.8 Å². The minimum atomic E-state index is 0.401. The van der Waals surface area contributed by atoms with Gasteiger partial charge in [0.1, 0.15) is 0 Å². The van der Waals surface area contributed by atoms with Crippen LogP contribution in [-0.4, -0.2) is 9.78 Å². The Morgan fingerprint density at radius 3 is 2.24 bits per heavy atom. The first-order valence-corrected chi connectivity index (χ1v) is 7.95. The van der Waals surface area contributed by atoms with Gasteiger partial charge in [-0.2, -0.15) is 5.10 Å². The zero-order valence-corrected chi connectivity index (χ0v) is 14.5. The third kappa shape index (κ3) is 3.20. The first-order chi connectivity index (χ1) is 9.81. The highest BCUT2D eigenvalue weighted by Crippen LogP contribution is 2.33. The van der Waals surface area contributed by atoms with E-state index in [2.05, 4.69) is 65.8 Å². The van der Waals surface area contributed by atoms with Gasteiger partial charge in [-0.1, -0.05) is 19.9 Å². The quantitative estimate of drug-likeness (QED) is 0.749. The van der Waals surface area contributed by atoms with Gasteiger partial charge in [-0.15, -0.1) is 0 Å². The summed E-state index contributed by atoms with van der Waals surface area (Å²) >= 11 is 0. The van der Waals surface area contributed by atoms with Crippen molar-refractivity contribution in [3.63, 3.8) is 0 Å². The molecule has 0 unspecified atom stereocenters. The molecule has 0 fully saturated rings. The first-order valence-electron chi connectivity index (χ1n) is 7.95. The molecule has 2 aromatic rings. The average molecular weight is 284 g/mol. The maximum Gasteiger partial charge on any atom is 0.0568 e. The molecule has 0 saturated heterocycles. The predicted octanol–water partition coefficient (Wildman–Crippen LogP) is 5.25. The van der Waals surface area contributed by atoms with Crippen molar-refractivity contribution in [3.05, 3.63) is 40.7 Å². The van der Waals surface area contributed by atoms with Gasteiger partial charge in [0, 0.05) is 17.8 Å². The van der Waals surface area contributed by atoms with E-state index in [-0.39, 0.29) is 0 Å². The van der Waals surface area contributed by atoms with Gasteiger partial charge in [-0.25, -0.2) is 0 Å². The van der Waals surface area contributed by atoms with E-state index in [4.69, 9.17) is 0 Å². The molecule has 2 heteroatoms. The fourth-order valence-electron chi connectivity index (χ4n) is 2.95. The number of rotatable bonds is 4. The van der Waals surface area contributed by atoms with Gasteiger partial charge < -0.3 is 0 Å². The Balaban J connectivity index is 2.63. The normalized spacial score (nSPS) is 11.7. The molecule has 0 aliphatic carbocycles. The maximum atomic E-state index is 4.53. The lowest BCUT2D eigenvalue weighted by atomic mass is 9.86. The molecular weight excluding hydrogens is 256 g/mol. The summed E-state index contributed by atoms with van der Waals surface area (Å²) in [5.74, 6) is 0.657. The SMILES string of the molecule is Cc1cc(C)c(CC(C)C)c(-c2cnn(C(C)C)c2)c1C. The molecule has 0 N–H and O–H groups in total. The molecule has 2 rings (SSSR count). The third-order valence-corrected chi connectivity index (χ3v) is 4.21. The average Bonchev–Trinajstić information content (AvgIpc) is 2.85. The Bertz CT molecular complexity index is 633. The number of hydrogen-bond acceptors (Lipinski definition) is 1. The second-order valence-corrected chi connectivity index (χ2v) is 6.89. The van der Waals surface area contributed by atoms with Crippen LogP contribution in [0.4, 0.5) is 0 Å². The molecule has 0 aliphatic heterocycles. The van der Waals surface area contributed by atoms with Gasteiger partial charge in [0.2, 0.25) is 0 Å². The molecule has 0 saturated carbocycles. The van der Waals surface area contributed by atoms with Crippen molar-refractivity contribution >= 4 is 0 Å². The van der Waals surface area contributed by atoms with Crippen LogP contribution in [0.25, 0.3) is 11.1 Å². The van der Waals surface area contributed by atoms with Crippen LogP contribution in [0.3, 0.4) is 0 Å². The summed E-state index contributed by atoms with van der Waals surface area (Å²) in [6.45, 7) is 15.6. The highest BCUT2D eigenvalue weighted by molar-refractivity contribution is 5.72. The Morgan fingerprint density at radius 2 is 1.71 bits per heavy atom. The first kappa shape index (κ1) is 15.8.